The molecule has 2 N–H and O–H groups in total. The average molecular weight is 409 g/mol. The number of aryl methyl sites for hydroxylation is 1. The van der Waals surface area contributed by atoms with E-state index in [-0.39, 0.29) is 24.4 Å². The summed E-state index contributed by atoms with van der Waals surface area (Å²) in [6.07, 6.45) is 1.04. The number of hydrogen-bond donors (Lipinski definition) is 2. The molecule has 3 rings (SSSR count). The van der Waals surface area contributed by atoms with Crippen LogP contribution in [0.3, 0.4) is 0 Å². The molecule has 1 aliphatic heterocycles. The van der Waals surface area contributed by atoms with Gasteiger partial charge in [-0.15, -0.1) is 0 Å². The summed E-state index contributed by atoms with van der Waals surface area (Å²) in [4.78, 5) is 38.7. The van der Waals surface area contributed by atoms with Crippen molar-refractivity contribution >= 4 is 17.8 Å². The summed E-state index contributed by atoms with van der Waals surface area (Å²) in [6.45, 7) is 3.25. The summed E-state index contributed by atoms with van der Waals surface area (Å²) in [5.74, 6) is -0.00471. The lowest BCUT2D eigenvalue weighted by Crippen LogP contribution is -2.45. The Balaban J connectivity index is 1.58. The van der Waals surface area contributed by atoms with Gasteiger partial charge >= 0.3 is 6.03 Å². The Morgan fingerprint density at radius 1 is 1.13 bits per heavy atom. The molecule has 0 aromatic heterocycles. The van der Waals surface area contributed by atoms with Gasteiger partial charge in [0.15, 0.2) is 0 Å². The van der Waals surface area contributed by atoms with Gasteiger partial charge < -0.3 is 15.4 Å². The highest BCUT2D eigenvalue weighted by molar-refractivity contribution is 6.08. The molecule has 7 heteroatoms. The van der Waals surface area contributed by atoms with Gasteiger partial charge in [-0.2, -0.15) is 0 Å². The number of imide groups is 1. The first kappa shape index (κ1) is 21.4. The van der Waals surface area contributed by atoms with Gasteiger partial charge in [-0.3, -0.25) is 14.5 Å². The zero-order chi connectivity index (χ0) is 21.7. The van der Waals surface area contributed by atoms with E-state index in [0.29, 0.717) is 12.8 Å². The SMILES string of the molecule is COc1ccc(CC[C@]2(C)NC(=O)N(CC(=O)N[C@H](C)c3ccccc3)C2=O)cc1. The highest BCUT2D eigenvalue weighted by Gasteiger charge is 2.47. The van der Waals surface area contributed by atoms with Gasteiger partial charge in [-0.05, 0) is 49.9 Å². The average Bonchev–Trinajstić information content (AvgIpc) is 2.96. The molecule has 2 aromatic rings. The van der Waals surface area contributed by atoms with Crippen LogP contribution in [-0.2, 0) is 16.0 Å². The molecule has 4 amide bonds. The number of methoxy groups -OCH3 is 1. The van der Waals surface area contributed by atoms with E-state index in [4.69, 9.17) is 4.74 Å². The number of rotatable bonds is 8. The van der Waals surface area contributed by atoms with Crippen LogP contribution in [0.25, 0.3) is 0 Å². The van der Waals surface area contributed by atoms with Crippen molar-refractivity contribution in [1.82, 2.24) is 15.5 Å². The van der Waals surface area contributed by atoms with Crippen LogP contribution >= 0.6 is 0 Å². The Bertz CT molecular complexity index is 914. The van der Waals surface area contributed by atoms with Crippen LogP contribution in [0.15, 0.2) is 54.6 Å². The third kappa shape index (κ3) is 4.79. The van der Waals surface area contributed by atoms with Crippen LogP contribution in [0.4, 0.5) is 4.79 Å². The van der Waals surface area contributed by atoms with Crippen LogP contribution in [0, 0.1) is 0 Å². The number of benzene rings is 2. The highest BCUT2D eigenvalue weighted by Crippen LogP contribution is 2.24. The summed E-state index contributed by atoms with van der Waals surface area (Å²) < 4.78 is 5.15. The summed E-state index contributed by atoms with van der Waals surface area (Å²) >= 11 is 0. The van der Waals surface area contributed by atoms with Gasteiger partial charge in [0.05, 0.1) is 13.2 Å². The summed E-state index contributed by atoms with van der Waals surface area (Å²) in [5, 5.41) is 5.58. The molecule has 0 radical (unpaired) electrons. The zero-order valence-electron chi connectivity index (χ0n) is 17.5. The normalized spacial score (nSPS) is 19.4. The first-order chi connectivity index (χ1) is 14.3. The van der Waals surface area contributed by atoms with Crippen molar-refractivity contribution in [3.05, 3.63) is 65.7 Å². The second kappa shape index (κ2) is 8.98. The largest absolute Gasteiger partial charge is 0.497 e. The lowest BCUT2D eigenvalue weighted by Gasteiger charge is -2.22. The maximum Gasteiger partial charge on any atom is 0.325 e. The standard InChI is InChI=1S/C23H27N3O4/c1-16(18-7-5-4-6-8-18)24-20(27)15-26-21(28)23(2,25-22(26)29)14-13-17-9-11-19(30-3)12-10-17/h4-12,16H,13-15H2,1-3H3,(H,24,27)(H,25,29)/t16-,23+/m1/s1. The smallest absolute Gasteiger partial charge is 0.325 e. The van der Waals surface area contributed by atoms with Crippen LogP contribution in [-0.4, -0.2) is 41.9 Å². The molecule has 1 saturated heterocycles. The molecular formula is C23H27N3O4. The number of ether oxygens (including phenoxy) is 1. The Labute approximate surface area is 176 Å². The lowest BCUT2D eigenvalue weighted by molar-refractivity contribution is -0.134. The second-order valence-corrected chi connectivity index (χ2v) is 7.70. The number of carbonyl (C=O) groups is 3. The summed E-state index contributed by atoms with van der Waals surface area (Å²) in [5.41, 5.74) is 0.946. The molecule has 0 spiro atoms. The molecular weight excluding hydrogens is 382 g/mol. The van der Waals surface area contributed by atoms with E-state index in [1.54, 1.807) is 14.0 Å². The maximum absolute atomic E-state index is 12.9. The number of carbonyl (C=O) groups excluding carboxylic acids is 3. The van der Waals surface area contributed by atoms with Gasteiger partial charge in [-0.1, -0.05) is 42.5 Å². The molecule has 0 saturated carbocycles. The monoisotopic (exact) mass is 409 g/mol. The molecule has 1 fully saturated rings. The van der Waals surface area contributed by atoms with Crippen LogP contribution in [0.1, 0.15) is 37.4 Å². The molecule has 0 unspecified atom stereocenters. The third-order valence-corrected chi connectivity index (χ3v) is 5.40. The van der Waals surface area contributed by atoms with Crippen molar-refractivity contribution in [2.24, 2.45) is 0 Å². The van der Waals surface area contributed by atoms with Crippen molar-refractivity contribution < 1.29 is 19.1 Å². The first-order valence-corrected chi connectivity index (χ1v) is 9.94. The van der Waals surface area contributed by atoms with Crippen molar-refractivity contribution in [3.63, 3.8) is 0 Å². The van der Waals surface area contributed by atoms with Crippen molar-refractivity contribution in [2.75, 3.05) is 13.7 Å². The molecule has 2 aromatic carbocycles. The third-order valence-electron chi connectivity index (χ3n) is 5.40. The number of nitrogens with zero attached hydrogens (tertiary/aromatic N) is 1. The second-order valence-electron chi connectivity index (χ2n) is 7.70. The number of hydrogen-bond acceptors (Lipinski definition) is 4. The molecule has 30 heavy (non-hydrogen) atoms. The van der Waals surface area contributed by atoms with E-state index < -0.39 is 11.6 Å². The molecule has 158 valence electrons. The van der Waals surface area contributed by atoms with Crippen molar-refractivity contribution in [2.45, 2.75) is 38.3 Å². The molecule has 2 atom stereocenters. The van der Waals surface area contributed by atoms with E-state index in [1.165, 1.54) is 0 Å². The van der Waals surface area contributed by atoms with Gasteiger partial charge in [0, 0.05) is 0 Å². The maximum atomic E-state index is 12.9. The Morgan fingerprint density at radius 2 is 1.80 bits per heavy atom. The van der Waals surface area contributed by atoms with Gasteiger partial charge in [-0.25, -0.2) is 4.79 Å². The predicted octanol–water partition coefficient (Wildman–Crippen LogP) is 2.82. The lowest BCUT2D eigenvalue weighted by atomic mass is 9.93. The molecule has 0 bridgehead atoms. The van der Waals surface area contributed by atoms with Crippen LogP contribution in [0.2, 0.25) is 0 Å². The minimum atomic E-state index is -1.04. The van der Waals surface area contributed by atoms with E-state index in [0.717, 1.165) is 21.8 Å². The van der Waals surface area contributed by atoms with Crippen LogP contribution < -0.4 is 15.4 Å². The number of urea groups is 1. The zero-order valence-corrected chi connectivity index (χ0v) is 17.5. The van der Waals surface area contributed by atoms with Gasteiger partial charge in [0.1, 0.15) is 17.8 Å². The Kier molecular flexibility index (Phi) is 6.40. The summed E-state index contributed by atoms with van der Waals surface area (Å²) in [7, 11) is 1.61. The summed E-state index contributed by atoms with van der Waals surface area (Å²) in [6, 6.07) is 16.3. The van der Waals surface area contributed by atoms with Crippen molar-refractivity contribution in [1.29, 1.82) is 0 Å². The van der Waals surface area contributed by atoms with Gasteiger partial charge in [0.25, 0.3) is 5.91 Å². The highest BCUT2D eigenvalue weighted by atomic mass is 16.5. The van der Waals surface area contributed by atoms with E-state index in [9.17, 15) is 14.4 Å². The van der Waals surface area contributed by atoms with E-state index >= 15 is 0 Å². The van der Waals surface area contributed by atoms with Crippen molar-refractivity contribution in [3.8, 4) is 5.75 Å². The van der Waals surface area contributed by atoms with E-state index in [1.807, 2.05) is 61.5 Å². The Hall–Kier alpha value is -3.35. The first-order valence-electron chi connectivity index (χ1n) is 9.94. The van der Waals surface area contributed by atoms with E-state index in [2.05, 4.69) is 10.6 Å². The molecule has 1 aliphatic rings. The number of nitrogens with one attached hydrogen (secondary N) is 2. The molecule has 1 heterocycles. The quantitative estimate of drug-likeness (QED) is 0.657. The minimum absolute atomic E-state index is 0.221. The predicted molar refractivity (Wildman–Crippen MR) is 113 cm³/mol. The molecule has 7 nitrogen and oxygen atoms in total. The fraction of sp³-hybridized carbons (Fsp3) is 0.348. The topological polar surface area (TPSA) is 87.7 Å². The fourth-order valence-corrected chi connectivity index (χ4v) is 3.50. The molecule has 0 aliphatic carbocycles. The van der Waals surface area contributed by atoms with Gasteiger partial charge in [0.2, 0.25) is 5.91 Å². The van der Waals surface area contributed by atoms with Crippen LogP contribution in [0.5, 0.6) is 5.75 Å². The minimum Gasteiger partial charge on any atom is -0.497 e. The number of amides is 4. The fourth-order valence-electron chi connectivity index (χ4n) is 3.50. The Morgan fingerprint density at radius 3 is 2.43 bits per heavy atom.